The number of methoxy groups -OCH3 is 1. The summed E-state index contributed by atoms with van der Waals surface area (Å²) < 4.78 is 5.45. The number of urea groups is 1. The monoisotopic (exact) mass is 403 g/mol. The maximum Gasteiger partial charge on any atom is 0.318 e. The Bertz CT molecular complexity index is 1060. The second kappa shape index (κ2) is 7.71. The number of carbonyl (C=O) groups is 1. The number of nitrogens with zero attached hydrogens (tertiary/aromatic N) is 1. The maximum atomic E-state index is 13.3. The highest BCUT2D eigenvalue weighted by atomic mass is 16.5. The third kappa shape index (κ3) is 3.32. The van der Waals surface area contributed by atoms with Gasteiger partial charge in [0.1, 0.15) is 5.75 Å². The van der Waals surface area contributed by atoms with Gasteiger partial charge in [-0.2, -0.15) is 0 Å². The minimum Gasteiger partial charge on any atom is -0.497 e. The van der Waals surface area contributed by atoms with Crippen molar-refractivity contribution in [3.63, 3.8) is 0 Å². The van der Waals surface area contributed by atoms with Gasteiger partial charge in [-0.1, -0.05) is 42.7 Å². The van der Waals surface area contributed by atoms with E-state index in [-0.39, 0.29) is 12.1 Å². The summed E-state index contributed by atoms with van der Waals surface area (Å²) in [6.45, 7) is 2.80. The molecule has 1 aliphatic heterocycles. The molecule has 1 fully saturated rings. The molecule has 1 aromatic heterocycles. The molecule has 2 N–H and O–H groups in total. The number of hydrogen-bond donors (Lipinski definition) is 2. The van der Waals surface area contributed by atoms with Crippen molar-refractivity contribution in [2.24, 2.45) is 0 Å². The average molecular weight is 404 g/mol. The summed E-state index contributed by atoms with van der Waals surface area (Å²) in [7, 11) is 1.70. The van der Waals surface area contributed by atoms with E-state index in [1.165, 1.54) is 29.4 Å². The van der Waals surface area contributed by atoms with E-state index in [9.17, 15) is 4.79 Å². The number of carbonyl (C=O) groups excluding carboxylic acids is 1. The summed E-state index contributed by atoms with van der Waals surface area (Å²) in [6.07, 6.45) is 5.43. The highest BCUT2D eigenvalue weighted by Gasteiger charge is 2.35. The molecule has 5 rings (SSSR count). The molecule has 1 aliphatic carbocycles. The van der Waals surface area contributed by atoms with Gasteiger partial charge in [0.05, 0.1) is 13.2 Å². The summed E-state index contributed by atoms with van der Waals surface area (Å²) in [6, 6.07) is 15.0. The van der Waals surface area contributed by atoms with Gasteiger partial charge in [-0.25, -0.2) is 4.79 Å². The Balaban J connectivity index is 1.57. The van der Waals surface area contributed by atoms with Crippen molar-refractivity contribution in [2.75, 3.05) is 13.7 Å². The number of aryl methyl sites for hydroxylation is 1. The van der Waals surface area contributed by atoms with Crippen LogP contribution in [-0.4, -0.2) is 35.6 Å². The largest absolute Gasteiger partial charge is 0.497 e. The minimum absolute atomic E-state index is 0.0503. The van der Waals surface area contributed by atoms with Gasteiger partial charge in [-0.05, 0) is 55.5 Å². The van der Waals surface area contributed by atoms with Crippen LogP contribution in [0.3, 0.4) is 0 Å². The Hall–Kier alpha value is -2.95. The van der Waals surface area contributed by atoms with Crippen molar-refractivity contribution in [3.05, 3.63) is 64.8 Å². The highest BCUT2D eigenvalue weighted by Crippen LogP contribution is 2.39. The lowest BCUT2D eigenvalue weighted by Crippen LogP contribution is -2.48. The van der Waals surface area contributed by atoms with E-state index in [0.29, 0.717) is 12.6 Å². The average Bonchev–Trinajstić information content (AvgIpc) is 3.40. The minimum atomic E-state index is -0.117. The molecule has 0 radical (unpaired) electrons. The number of benzene rings is 2. The zero-order valence-corrected chi connectivity index (χ0v) is 17.7. The quantitative estimate of drug-likeness (QED) is 0.640. The fraction of sp³-hybridized carbons (Fsp3) is 0.400. The molecule has 0 bridgehead atoms. The Morgan fingerprint density at radius 2 is 1.90 bits per heavy atom. The van der Waals surface area contributed by atoms with Crippen LogP contribution >= 0.6 is 0 Å². The Labute approximate surface area is 177 Å². The topological polar surface area (TPSA) is 57.4 Å². The predicted octanol–water partition coefficient (Wildman–Crippen LogP) is 5.08. The molecule has 1 atom stereocenters. The molecule has 3 aromatic rings. The van der Waals surface area contributed by atoms with Gasteiger partial charge in [0.15, 0.2) is 0 Å². The second-order valence-corrected chi connectivity index (χ2v) is 8.62. The zero-order chi connectivity index (χ0) is 20.7. The molecule has 156 valence electrons. The van der Waals surface area contributed by atoms with E-state index in [0.717, 1.165) is 41.8 Å². The van der Waals surface area contributed by atoms with Crippen molar-refractivity contribution in [3.8, 4) is 5.75 Å². The number of fused-ring (bicyclic) bond motifs is 3. The fourth-order valence-corrected chi connectivity index (χ4v) is 5.04. The van der Waals surface area contributed by atoms with Crippen LogP contribution in [0.4, 0.5) is 4.79 Å². The van der Waals surface area contributed by atoms with Crippen molar-refractivity contribution in [1.29, 1.82) is 0 Å². The van der Waals surface area contributed by atoms with Crippen LogP contribution in [0, 0.1) is 6.92 Å². The normalized spacial score (nSPS) is 19.1. The third-order valence-corrected chi connectivity index (χ3v) is 6.67. The fourth-order valence-electron chi connectivity index (χ4n) is 5.04. The first-order valence-corrected chi connectivity index (χ1v) is 11.0. The first-order chi connectivity index (χ1) is 14.6. The van der Waals surface area contributed by atoms with Gasteiger partial charge in [-0.15, -0.1) is 0 Å². The lowest BCUT2D eigenvalue weighted by Gasteiger charge is -2.37. The molecule has 0 spiro atoms. The smallest absolute Gasteiger partial charge is 0.318 e. The van der Waals surface area contributed by atoms with Crippen LogP contribution in [0.25, 0.3) is 10.9 Å². The molecule has 30 heavy (non-hydrogen) atoms. The number of hydrogen-bond acceptors (Lipinski definition) is 2. The third-order valence-electron chi connectivity index (χ3n) is 6.67. The van der Waals surface area contributed by atoms with E-state index in [1.54, 1.807) is 7.11 Å². The second-order valence-electron chi connectivity index (χ2n) is 8.62. The molecule has 2 amide bonds. The zero-order valence-electron chi connectivity index (χ0n) is 17.7. The van der Waals surface area contributed by atoms with Gasteiger partial charge in [0, 0.05) is 29.2 Å². The molecule has 0 saturated heterocycles. The van der Waals surface area contributed by atoms with Crippen LogP contribution in [0.1, 0.15) is 54.1 Å². The molecule has 5 heteroatoms. The van der Waals surface area contributed by atoms with E-state index in [1.807, 2.05) is 11.0 Å². The molecule has 5 nitrogen and oxygen atoms in total. The molecular formula is C25H29N3O2. The van der Waals surface area contributed by atoms with E-state index in [2.05, 4.69) is 53.6 Å². The number of nitrogens with one attached hydrogen (secondary N) is 2. The van der Waals surface area contributed by atoms with Crippen LogP contribution in [0.2, 0.25) is 0 Å². The summed E-state index contributed by atoms with van der Waals surface area (Å²) in [5.41, 5.74) is 5.87. The Morgan fingerprint density at radius 1 is 1.13 bits per heavy atom. The van der Waals surface area contributed by atoms with Crippen molar-refractivity contribution >= 4 is 16.9 Å². The summed E-state index contributed by atoms with van der Waals surface area (Å²) in [5.74, 6) is 0.859. The summed E-state index contributed by atoms with van der Waals surface area (Å²) in [5, 5.41) is 4.49. The molecule has 2 aliphatic rings. The Kier molecular flexibility index (Phi) is 4.89. The molecule has 2 aromatic carbocycles. The number of ether oxygens (including phenoxy) is 1. The first kappa shape index (κ1) is 19.0. The Morgan fingerprint density at radius 3 is 2.63 bits per heavy atom. The van der Waals surface area contributed by atoms with Crippen LogP contribution < -0.4 is 10.1 Å². The van der Waals surface area contributed by atoms with E-state index >= 15 is 0 Å². The summed E-state index contributed by atoms with van der Waals surface area (Å²) in [4.78, 5) is 19.0. The SMILES string of the molecule is COc1ccc2[nH]c3c(c2c1)CCN(C(=O)NC1CCCC1)[C@H]3c1ccc(C)cc1. The van der Waals surface area contributed by atoms with Gasteiger partial charge in [0.2, 0.25) is 0 Å². The van der Waals surface area contributed by atoms with Crippen molar-refractivity contribution in [1.82, 2.24) is 15.2 Å². The molecule has 0 unspecified atom stereocenters. The lowest BCUT2D eigenvalue weighted by molar-refractivity contribution is 0.175. The number of aromatic nitrogens is 1. The number of H-pyrrole nitrogens is 1. The van der Waals surface area contributed by atoms with Gasteiger partial charge >= 0.3 is 6.03 Å². The number of rotatable bonds is 3. The lowest BCUT2D eigenvalue weighted by atomic mass is 9.92. The first-order valence-electron chi connectivity index (χ1n) is 11.0. The van der Waals surface area contributed by atoms with Gasteiger partial charge < -0.3 is 19.9 Å². The molecule has 1 saturated carbocycles. The van der Waals surface area contributed by atoms with Gasteiger partial charge in [-0.3, -0.25) is 0 Å². The van der Waals surface area contributed by atoms with Gasteiger partial charge in [0.25, 0.3) is 0 Å². The van der Waals surface area contributed by atoms with E-state index < -0.39 is 0 Å². The van der Waals surface area contributed by atoms with Crippen LogP contribution in [0.5, 0.6) is 5.75 Å². The van der Waals surface area contributed by atoms with Crippen LogP contribution in [0.15, 0.2) is 42.5 Å². The molecular weight excluding hydrogens is 374 g/mol. The standard InChI is InChI=1S/C25H29N3O2/c1-16-7-9-17(10-8-16)24-23-20(21-15-19(30-2)11-12-22(21)27-23)13-14-28(24)25(29)26-18-5-3-4-6-18/h7-12,15,18,24,27H,3-6,13-14H2,1-2H3,(H,26,29)/t24-/m0/s1. The molecule has 2 heterocycles. The highest BCUT2D eigenvalue weighted by molar-refractivity contribution is 5.87. The van der Waals surface area contributed by atoms with Crippen molar-refractivity contribution in [2.45, 2.75) is 51.1 Å². The number of amides is 2. The van der Waals surface area contributed by atoms with Crippen LogP contribution in [-0.2, 0) is 6.42 Å². The van der Waals surface area contributed by atoms with Crippen molar-refractivity contribution < 1.29 is 9.53 Å². The maximum absolute atomic E-state index is 13.3. The predicted molar refractivity (Wildman–Crippen MR) is 119 cm³/mol. The summed E-state index contributed by atoms with van der Waals surface area (Å²) >= 11 is 0. The van der Waals surface area contributed by atoms with E-state index in [4.69, 9.17) is 4.74 Å². The number of aromatic amines is 1.